The van der Waals surface area contributed by atoms with Crippen LogP contribution in [0.2, 0.25) is 0 Å². The topological polar surface area (TPSA) is 95.6 Å². The van der Waals surface area contributed by atoms with E-state index in [1.54, 1.807) is 6.07 Å². The lowest BCUT2D eigenvalue weighted by molar-refractivity contribution is -0.121. The van der Waals surface area contributed by atoms with E-state index < -0.39 is 5.63 Å². The summed E-state index contributed by atoms with van der Waals surface area (Å²) in [5.74, 6) is 1.15. The number of benzene rings is 2. The van der Waals surface area contributed by atoms with E-state index in [-0.39, 0.29) is 19.2 Å². The van der Waals surface area contributed by atoms with Crippen molar-refractivity contribution >= 4 is 27.8 Å². The van der Waals surface area contributed by atoms with Gasteiger partial charge in [0.15, 0.2) is 11.5 Å². The Morgan fingerprint density at radius 1 is 1.14 bits per heavy atom. The van der Waals surface area contributed by atoms with Gasteiger partial charge in [-0.1, -0.05) is 17.7 Å². The molecule has 3 heterocycles. The average Bonchev–Trinajstić information content (AvgIpc) is 3.34. The van der Waals surface area contributed by atoms with Crippen LogP contribution in [0.3, 0.4) is 0 Å². The predicted molar refractivity (Wildman–Crippen MR) is 105 cm³/mol. The highest BCUT2D eigenvalue weighted by Crippen LogP contribution is 2.32. The van der Waals surface area contributed by atoms with Crippen molar-refractivity contribution in [3.63, 3.8) is 0 Å². The first-order chi connectivity index (χ1) is 14.1. The molecule has 0 unspecified atom stereocenters. The van der Waals surface area contributed by atoms with Crippen molar-refractivity contribution < 1.29 is 18.7 Å². The predicted octanol–water partition coefficient (Wildman–Crippen LogP) is 2.50. The van der Waals surface area contributed by atoms with E-state index in [9.17, 15) is 9.59 Å². The van der Waals surface area contributed by atoms with Crippen LogP contribution in [0.25, 0.3) is 21.9 Å². The van der Waals surface area contributed by atoms with E-state index in [1.165, 1.54) is 10.9 Å². The zero-order valence-electron chi connectivity index (χ0n) is 15.6. The third kappa shape index (κ3) is 3.08. The molecular weight excluding hydrogens is 374 g/mol. The summed E-state index contributed by atoms with van der Waals surface area (Å²) in [5, 5.41) is 8.21. The molecule has 0 saturated carbocycles. The Bertz CT molecular complexity index is 1320. The third-order valence-electron chi connectivity index (χ3n) is 4.87. The van der Waals surface area contributed by atoms with Gasteiger partial charge in [-0.15, -0.1) is 0 Å². The van der Waals surface area contributed by atoms with E-state index >= 15 is 0 Å². The quantitative estimate of drug-likeness (QED) is 0.537. The van der Waals surface area contributed by atoms with Gasteiger partial charge in [-0.3, -0.25) is 9.48 Å². The van der Waals surface area contributed by atoms with Crippen LogP contribution in [0.15, 0.2) is 51.8 Å². The first-order valence-corrected chi connectivity index (χ1v) is 9.13. The minimum atomic E-state index is -0.469. The van der Waals surface area contributed by atoms with Crippen LogP contribution >= 0.6 is 0 Å². The van der Waals surface area contributed by atoms with Gasteiger partial charge < -0.3 is 19.2 Å². The monoisotopic (exact) mass is 391 g/mol. The molecule has 8 heteroatoms. The molecule has 0 aliphatic carbocycles. The molecule has 5 rings (SSSR count). The van der Waals surface area contributed by atoms with Gasteiger partial charge in [0.05, 0.1) is 11.7 Å². The molecule has 2 aromatic heterocycles. The number of carbonyl (C=O) groups is 1. The maximum atomic E-state index is 12.5. The largest absolute Gasteiger partial charge is 0.454 e. The summed E-state index contributed by atoms with van der Waals surface area (Å²) in [6.07, 6.45) is 1.44. The molecule has 0 spiro atoms. The van der Waals surface area contributed by atoms with Gasteiger partial charge in [-0.05, 0) is 36.8 Å². The number of rotatable bonds is 4. The van der Waals surface area contributed by atoms with Crippen molar-refractivity contribution in [1.29, 1.82) is 0 Å². The van der Waals surface area contributed by atoms with Gasteiger partial charge in [0, 0.05) is 11.9 Å². The molecule has 4 aromatic rings. The summed E-state index contributed by atoms with van der Waals surface area (Å²) in [4.78, 5) is 24.8. The van der Waals surface area contributed by atoms with Crippen LogP contribution in [0.5, 0.6) is 11.5 Å². The lowest BCUT2D eigenvalue weighted by atomic mass is 10.1. The zero-order chi connectivity index (χ0) is 20.0. The SMILES string of the molecule is Cc1ccc2oc(=O)c3cnn(CC(=O)NCc4ccc5c(c4)OCO5)c3c2c1. The molecule has 0 bridgehead atoms. The molecule has 1 aliphatic rings. The molecule has 1 amide bonds. The molecule has 0 atom stereocenters. The summed E-state index contributed by atoms with van der Waals surface area (Å²) in [5.41, 5.74) is 2.51. The number of hydrogen-bond donors (Lipinski definition) is 1. The van der Waals surface area contributed by atoms with Crippen molar-refractivity contribution in [2.75, 3.05) is 6.79 Å². The summed E-state index contributed by atoms with van der Waals surface area (Å²) in [6.45, 7) is 2.49. The van der Waals surface area contributed by atoms with Gasteiger partial charge in [0.25, 0.3) is 0 Å². The van der Waals surface area contributed by atoms with Gasteiger partial charge in [0.1, 0.15) is 17.5 Å². The zero-order valence-corrected chi connectivity index (χ0v) is 15.6. The number of carbonyl (C=O) groups excluding carboxylic acids is 1. The highest BCUT2D eigenvalue weighted by molar-refractivity contribution is 6.02. The Balaban J connectivity index is 1.40. The maximum absolute atomic E-state index is 12.5. The fourth-order valence-electron chi connectivity index (χ4n) is 3.45. The second kappa shape index (κ2) is 6.66. The minimum Gasteiger partial charge on any atom is -0.454 e. The van der Waals surface area contributed by atoms with E-state index in [0.29, 0.717) is 34.5 Å². The summed E-state index contributed by atoms with van der Waals surface area (Å²) < 4.78 is 17.5. The number of hydrogen-bond acceptors (Lipinski definition) is 6. The molecule has 2 aromatic carbocycles. The summed E-state index contributed by atoms with van der Waals surface area (Å²) >= 11 is 0. The number of aryl methyl sites for hydroxylation is 1. The van der Waals surface area contributed by atoms with Crippen LogP contribution in [0, 0.1) is 6.92 Å². The number of amides is 1. The van der Waals surface area contributed by atoms with Gasteiger partial charge in [0.2, 0.25) is 12.7 Å². The molecule has 8 nitrogen and oxygen atoms in total. The Kier molecular flexibility index (Phi) is 3.97. The Hall–Kier alpha value is -3.81. The van der Waals surface area contributed by atoms with Gasteiger partial charge >= 0.3 is 5.63 Å². The van der Waals surface area contributed by atoms with Crippen LogP contribution < -0.4 is 20.4 Å². The Morgan fingerprint density at radius 2 is 2.00 bits per heavy atom. The molecule has 29 heavy (non-hydrogen) atoms. The number of aromatic nitrogens is 2. The first kappa shape index (κ1) is 17.3. The second-order valence-electron chi connectivity index (χ2n) is 6.92. The fourth-order valence-corrected chi connectivity index (χ4v) is 3.45. The molecule has 0 saturated heterocycles. The third-order valence-corrected chi connectivity index (χ3v) is 4.87. The molecular formula is C21H17N3O5. The number of nitrogens with zero attached hydrogens (tertiary/aromatic N) is 2. The lowest BCUT2D eigenvalue weighted by Crippen LogP contribution is -2.27. The first-order valence-electron chi connectivity index (χ1n) is 9.13. The van der Waals surface area contributed by atoms with Crippen molar-refractivity contribution in [2.24, 2.45) is 0 Å². The van der Waals surface area contributed by atoms with Crippen molar-refractivity contribution in [1.82, 2.24) is 15.1 Å². The van der Waals surface area contributed by atoms with Crippen molar-refractivity contribution in [3.05, 3.63) is 64.1 Å². The van der Waals surface area contributed by atoms with Crippen LogP contribution in [0.1, 0.15) is 11.1 Å². The lowest BCUT2D eigenvalue weighted by Gasteiger charge is -2.08. The Morgan fingerprint density at radius 3 is 2.90 bits per heavy atom. The standard InChI is InChI=1S/C21H17N3O5/c1-12-2-4-16-14(6-12)20-15(21(26)29-16)9-23-24(20)10-19(25)22-8-13-3-5-17-18(7-13)28-11-27-17/h2-7,9H,8,10-11H2,1H3,(H,22,25). The van der Waals surface area contributed by atoms with E-state index in [4.69, 9.17) is 13.9 Å². The van der Waals surface area contributed by atoms with Crippen molar-refractivity contribution in [2.45, 2.75) is 20.0 Å². The average molecular weight is 391 g/mol. The van der Waals surface area contributed by atoms with Crippen LogP contribution in [-0.4, -0.2) is 22.5 Å². The fraction of sp³-hybridized carbons (Fsp3) is 0.190. The highest BCUT2D eigenvalue weighted by Gasteiger charge is 2.16. The molecule has 1 N–H and O–H groups in total. The van der Waals surface area contributed by atoms with Crippen molar-refractivity contribution in [3.8, 4) is 11.5 Å². The molecule has 0 radical (unpaired) electrons. The van der Waals surface area contributed by atoms with Crippen LogP contribution in [-0.2, 0) is 17.9 Å². The van der Waals surface area contributed by atoms with Gasteiger partial charge in [-0.25, -0.2) is 4.79 Å². The molecule has 1 aliphatic heterocycles. The summed E-state index contributed by atoms with van der Waals surface area (Å²) in [6, 6.07) is 11.1. The van der Waals surface area contributed by atoms with E-state index in [2.05, 4.69) is 10.4 Å². The smallest absolute Gasteiger partial charge is 0.347 e. The molecule has 0 fully saturated rings. The normalized spacial score (nSPS) is 12.6. The van der Waals surface area contributed by atoms with E-state index in [1.807, 2.05) is 37.3 Å². The van der Waals surface area contributed by atoms with Gasteiger partial charge in [-0.2, -0.15) is 5.10 Å². The highest BCUT2D eigenvalue weighted by atomic mass is 16.7. The summed E-state index contributed by atoms with van der Waals surface area (Å²) in [7, 11) is 0. The Labute approximate surface area is 164 Å². The molecule has 146 valence electrons. The second-order valence-corrected chi connectivity index (χ2v) is 6.92. The number of ether oxygens (including phenoxy) is 2. The maximum Gasteiger partial charge on any atom is 0.347 e. The minimum absolute atomic E-state index is 0.0133. The van der Waals surface area contributed by atoms with Crippen LogP contribution in [0.4, 0.5) is 0 Å². The van der Waals surface area contributed by atoms with E-state index in [0.717, 1.165) is 16.5 Å². The number of fused-ring (bicyclic) bond motifs is 4. The number of nitrogens with one attached hydrogen (secondary N) is 1.